The first-order valence-corrected chi connectivity index (χ1v) is 10.7. The maximum atomic E-state index is 14.1. The highest BCUT2D eigenvalue weighted by Crippen LogP contribution is 2.61. The third-order valence-corrected chi connectivity index (χ3v) is 6.22. The maximum absolute atomic E-state index is 14.1. The van der Waals surface area contributed by atoms with Crippen LogP contribution < -0.4 is 10.1 Å². The molecular weight excluding hydrogens is 454 g/mol. The third kappa shape index (κ3) is 4.82. The Morgan fingerprint density at radius 3 is 2.74 bits per heavy atom. The molecule has 0 spiro atoms. The van der Waals surface area contributed by atoms with Crippen LogP contribution in [0.1, 0.15) is 24.4 Å². The van der Waals surface area contributed by atoms with Crippen LogP contribution in [0.15, 0.2) is 48.2 Å². The van der Waals surface area contributed by atoms with Gasteiger partial charge in [0.2, 0.25) is 5.91 Å². The predicted octanol–water partition coefficient (Wildman–Crippen LogP) is 4.96. The first kappa shape index (κ1) is 23.9. The quantitative estimate of drug-likeness (QED) is 0.544. The summed E-state index contributed by atoms with van der Waals surface area (Å²) >= 11 is 0. The lowest BCUT2D eigenvalue weighted by molar-refractivity contribution is -0.118. The van der Waals surface area contributed by atoms with Gasteiger partial charge in [-0.05, 0) is 37.5 Å². The largest absolute Gasteiger partial charge is 0.489 e. The average molecular weight is 477 g/mol. The van der Waals surface area contributed by atoms with Crippen molar-refractivity contribution >= 4 is 11.6 Å². The number of halogens is 4. The number of carbonyl (C=O) groups excluding carboxylic acids is 1. The van der Waals surface area contributed by atoms with Crippen molar-refractivity contribution in [2.24, 2.45) is 17.3 Å². The van der Waals surface area contributed by atoms with E-state index in [0.717, 1.165) is 18.2 Å². The molecule has 1 aromatic carbocycles. The number of rotatable bonds is 8. The van der Waals surface area contributed by atoms with Crippen LogP contribution in [0.5, 0.6) is 5.75 Å². The van der Waals surface area contributed by atoms with Crippen molar-refractivity contribution in [2.45, 2.75) is 26.4 Å². The van der Waals surface area contributed by atoms with Gasteiger partial charge in [0, 0.05) is 36.6 Å². The number of ether oxygens (including phenoxy) is 2. The molecule has 1 heterocycles. The van der Waals surface area contributed by atoms with Crippen molar-refractivity contribution in [3.05, 3.63) is 71.4 Å². The summed E-state index contributed by atoms with van der Waals surface area (Å²) in [4.78, 5) is 21.4. The van der Waals surface area contributed by atoms with Gasteiger partial charge in [-0.15, -0.1) is 0 Å². The summed E-state index contributed by atoms with van der Waals surface area (Å²) in [6, 6.07) is 3.04. The Morgan fingerprint density at radius 1 is 1.24 bits per heavy atom. The number of anilines is 1. The number of nitrogens with one attached hydrogen (secondary N) is 1. The first-order valence-electron chi connectivity index (χ1n) is 10.7. The number of aromatic nitrogens is 2. The van der Waals surface area contributed by atoms with Crippen LogP contribution in [-0.4, -0.2) is 29.6 Å². The van der Waals surface area contributed by atoms with Gasteiger partial charge in [0.05, 0.1) is 19.4 Å². The molecular formula is C24H23F4N3O3. The van der Waals surface area contributed by atoms with Crippen molar-refractivity contribution in [3.63, 3.8) is 0 Å². The number of carbonyl (C=O) groups is 1. The molecule has 1 saturated carbocycles. The van der Waals surface area contributed by atoms with Gasteiger partial charge in [-0.1, -0.05) is 6.08 Å². The standard InChI is InChI=1S/C24H23F4N3O3/c1-13-29-10-22(21(30-13)11-33-2)34-12-24(14-3-5-17(25)19(27)7-14)9-16(24)23(32)31-15-4-6-18(26)20(28)8-15/h3-6,8,10,14,16H,7,9,11-12H2,1-2H3,(H,31,32)/t14?,16-,24+/m0/s1. The Balaban J connectivity index is 1.55. The van der Waals surface area contributed by atoms with E-state index < -0.39 is 46.4 Å². The van der Waals surface area contributed by atoms with E-state index in [0.29, 0.717) is 23.7 Å². The Kier molecular flexibility index (Phi) is 6.70. The fraction of sp³-hybridized carbons (Fsp3) is 0.375. The Morgan fingerprint density at radius 2 is 2.03 bits per heavy atom. The molecule has 4 rings (SSSR count). The molecule has 2 aliphatic rings. The molecule has 0 radical (unpaired) electrons. The predicted molar refractivity (Wildman–Crippen MR) is 115 cm³/mol. The van der Waals surface area contributed by atoms with Gasteiger partial charge in [0.25, 0.3) is 0 Å². The molecule has 6 nitrogen and oxygen atoms in total. The van der Waals surface area contributed by atoms with Crippen LogP contribution in [0.4, 0.5) is 23.2 Å². The summed E-state index contributed by atoms with van der Waals surface area (Å²) in [6.45, 7) is 1.91. The smallest absolute Gasteiger partial charge is 0.228 e. The first-order chi connectivity index (χ1) is 16.2. The molecule has 0 bridgehead atoms. The lowest BCUT2D eigenvalue weighted by Gasteiger charge is -2.27. The minimum Gasteiger partial charge on any atom is -0.489 e. The van der Waals surface area contributed by atoms with E-state index in [2.05, 4.69) is 15.3 Å². The summed E-state index contributed by atoms with van der Waals surface area (Å²) in [5.74, 6) is -4.64. The van der Waals surface area contributed by atoms with Crippen molar-refractivity contribution in [3.8, 4) is 5.75 Å². The monoisotopic (exact) mass is 477 g/mol. The lowest BCUT2D eigenvalue weighted by Crippen LogP contribution is -2.30. The lowest BCUT2D eigenvalue weighted by atomic mass is 9.82. The maximum Gasteiger partial charge on any atom is 0.228 e. The fourth-order valence-electron chi connectivity index (χ4n) is 4.28. The van der Waals surface area contributed by atoms with E-state index in [1.807, 2.05) is 0 Å². The van der Waals surface area contributed by atoms with Crippen LogP contribution >= 0.6 is 0 Å². The highest BCUT2D eigenvalue weighted by molar-refractivity contribution is 5.95. The molecule has 10 heteroatoms. The second-order valence-electron chi connectivity index (χ2n) is 8.48. The van der Waals surface area contributed by atoms with Crippen LogP contribution in [0.3, 0.4) is 0 Å². The summed E-state index contributed by atoms with van der Waals surface area (Å²) in [7, 11) is 1.51. The second-order valence-corrected chi connectivity index (χ2v) is 8.48. The summed E-state index contributed by atoms with van der Waals surface area (Å²) < 4.78 is 65.6. The fourth-order valence-corrected chi connectivity index (χ4v) is 4.28. The van der Waals surface area contributed by atoms with E-state index in [1.54, 1.807) is 6.92 Å². The molecule has 2 aromatic rings. The minimum absolute atomic E-state index is 0.00983. The van der Waals surface area contributed by atoms with E-state index >= 15 is 0 Å². The van der Waals surface area contributed by atoms with Gasteiger partial charge < -0.3 is 14.8 Å². The normalized spacial score (nSPS) is 23.7. The zero-order valence-electron chi connectivity index (χ0n) is 18.6. The number of aryl methyl sites for hydroxylation is 1. The topological polar surface area (TPSA) is 73.3 Å². The van der Waals surface area contributed by atoms with Gasteiger partial charge in [0.15, 0.2) is 23.2 Å². The van der Waals surface area contributed by atoms with Gasteiger partial charge in [0.1, 0.15) is 17.3 Å². The summed E-state index contributed by atoms with van der Waals surface area (Å²) in [5.41, 5.74) is -0.229. The third-order valence-electron chi connectivity index (χ3n) is 6.22. The Bertz CT molecular complexity index is 1170. The van der Waals surface area contributed by atoms with E-state index in [9.17, 15) is 22.4 Å². The van der Waals surface area contributed by atoms with Crippen molar-refractivity contribution < 1.29 is 31.8 Å². The number of amides is 1. The molecule has 3 atom stereocenters. The zero-order chi connectivity index (χ0) is 24.5. The van der Waals surface area contributed by atoms with E-state index in [1.165, 1.54) is 25.4 Å². The minimum atomic E-state index is -1.09. The number of allylic oxidation sites excluding steroid dienone is 4. The van der Waals surface area contributed by atoms with Gasteiger partial charge in [-0.25, -0.2) is 27.5 Å². The molecule has 2 aliphatic carbocycles. The summed E-state index contributed by atoms with van der Waals surface area (Å²) in [6.07, 6.45) is 4.21. The van der Waals surface area contributed by atoms with Gasteiger partial charge in [-0.3, -0.25) is 4.79 Å². The number of benzene rings is 1. The molecule has 180 valence electrons. The molecule has 0 saturated heterocycles. The highest BCUT2D eigenvalue weighted by atomic mass is 19.2. The van der Waals surface area contributed by atoms with Gasteiger partial charge in [-0.2, -0.15) is 0 Å². The molecule has 1 unspecified atom stereocenters. The number of methoxy groups -OCH3 is 1. The molecule has 1 N–H and O–H groups in total. The van der Waals surface area contributed by atoms with Crippen molar-refractivity contribution in [1.29, 1.82) is 0 Å². The Labute approximate surface area is 193 Å². The molecule has 1 aromatic heterocycles. The molecule has 1 fully saturated rings. The van der Waals surface area contributed by atoms with Crippen molar-refractivity contribution in [2.75, 3.05) is 19.0 Å². The summed E-state index contributed by atoms with van der Waals surface area (Å²) in [5, 5.41) is 2.57. The number of hydrogen-bond acceptors (Lipinski definition) is 5. The van der Waals surface area contributed by atoms with Crippen LogP contribution in [0.25, 0.3) is 0 Å². The zero-order valence-corrected chi connectivity index (χ0v) is 18.6. The SMILES string of the molecule is COCc1nc(C)ncc1OC[C@@]1(C2C=CC(F)=C(F)C2)C[C@H]1C(=O)Nc1ccc(F)c(F)c1. The van der Waals surface area contributed by atoms with E-state index in [4.69, 9.17) is 9.47 Å². The van der Waals surface area contributed by atoms with Crippen LogP contribution in [0, 0.1) is 35.8 Å². The van der Waals surface area contributed by atoms with E-state index in [-0.39, 0.29) is 25.3 Å². The van der Waals surface area contributed by atoms with Gasteiger partial charge >= 0.3 is 0 Å². The number of hydrogen-bond donors (Lipinski definition) is 1. The number of nitrogens with zero attached hydrogens (tertiary/aromatic N) is 2. The van der Waals surface area contributed by atoms with Crippen LogP contribution in [0.2, 0.25) is 0 Å². The highest BCUT2D eigenvalue weighted by Gasteiger charge is 2.62. The molecule has 34 heavy (non-hydrogen) atoms. The van der Waals surface area contributed by atoms with Crippen molar-refractivity contribution in [1.82, 2.24) is 9.97 Å². The Hall–Kier alpha value is -3.27. The van der Waals surface area contributed by atoms with Crippen LogP contribution in [-0.2, 0) is 16.1 Å². The average Bonchev–Trinajstić information content (AvgIpc) is 3.54. The second kappa shape index (κ2) is 9.54. The molecule has 1 amide bonds. The molecule has 0 aliphatic heterocycles.